The second-order valence-corrected chi connectivity index (χ2v) is 5.18. The predicted molar refractivity (Wildman–Crippen MR) is 74.0 cm³/mol. The Bertz CT molecular complexity index is 569. The van der Waals surface area contributed by atoms with Crippen molar-refractivity contribution in [3.8, 4) is 0 Å². The number of morpholine rings is 1. The summed E-state index contributed by atoms with van der Waals surface area (Å²) in [6, 6.07) is 2.64. The number of benzene rings is 1. The van der Waals surface area contributed by atoms with E-state index in [-0.39, 0.29) is 30.1 Å². The van der Waals surface area contributed by atoms with Gasteiger partial charge in [0.15, 0.2) is 0 Å². The van der Waals surface area contributed by atoms with Gasteiger partial charge in [0.2, 0.25) is 0 Å². The molecule has 0 aromatic heterocycles. The summed E-state index contributed by atoms with van der Waals surface area (Å²) in [5.74, 6) is -1.05. The molecule has 0 bridgehead atoms. The van der Waals surface area contributed by atoms with E-state index in [2.05, 4.69) is 0 Å². The van der Waals surface area contributed by atoms with Crippen LogP contribution in [0.15, 0.2) is 18.2 Å². The molecule has 21 heavy (non-hydrogen) atoms. The van der Waals surface area contributed by atoms with Gasteiger partial charge in [-0.2, -0.15) is 0 Å². The SMILES string of the molecule is CC1COC(CCl)CN1C(=O)c1cc(F)cc([N+](=O)[O-])c1. The molecule has 2 rings (SSSR count). The van der Waals surface area contributed by atoms with Crippen molar-refractivity contribution in [2.45, 2.75) is 19.1 Å². The number of nitro benzene ring substituents is 1. The standard InChI is InChI=1S/C13H14ClFN2O4/c1-8-7-21-12(5-14)6-16(8)13(18)9-2-10(15)4-11(3-9)17(19)20/h2-4,8,12H,5-7H2,1H3. The number of rotatable bonds is 3. The zero-order valence-corrected chi connectivity index (χ0v) is 12.0. The minimum absolute atomic E-state index is 0.0521. The van der Waals surface area contributed by atoms with Gasteiger partial charge in [-0.05, 0) is 13.0 Å². The van der Waals surface area contributed by atoms with Crippen LogP contribution in [-0.2, 0) is 4.74 Å². The predicted octanol–water partition coefficient (Wildman–Crippen LogP) is 2.20. The van der Waals surface area contributed by atoms with Gasteiger partial charge in [-0.3, -0.25) is 14.9 Å². The van der Waals surface area contributed by atoms with Crippen LogP contribution in [0.5, 0.6) is 0 Å². The van der Waals surface area contributed by atoms with E-state index in [1.807, 2.05) is 0 Å². The van der Waals surface area contributed by atoms with E-state index >= 15 is 0 Å². The van der Waals surface area contributed by atoms with Gasteiger partial charge < -0.3 is 9.64 Å². The Kier molecular flexibility index (Phi) is 4.74. The van der Waals surface area contributed by atoms with Crippen molar-refractivity contribution in [1.82, 2.24) is 4.90 Å². The molecule has 114 valence electrons. The topological polar surface area (TPSA) is 72.7 Å². The normalized spacial score (nSPS) is 22.1. The van der Waals surface area contributed by atoms with Crippen LogP contribution >= 0.6 is 11.6 Å². The maximum atomic E-state index is 13.4. The molecule has 8 heteroatoms. The Morgan fingerprint density at radius 3 is 2.90 bits per heavy atom. The summed E-state index contributed by atoms with van der Waals surface area (Å²) in [5.41, 5.74) is -0.503. The van der Waals surface area contributed by atoms with Crippen LogP contribution in [0.4, 0.5) is 10.1 Å². The molecule has 0 N–H and O–H groups in total. The van der Waals surface area contributed by atoms with Crippen LogP contribution in [0.1, 0.15) is 17.3 Å². The Hall–Kier alpha value is -1.73. The number of halogens is 2. The van der Waals surface area contributed by atoms with Crippen LogP contribution < -0.4 is 0 Å². The van der Waals surface area contributed by atoms with Gasteiger partial charge in [0.25, 0.3) is 11.6 Å². The number of nitro groups is 1. The molecular formula is C13H14ClFN2O4. The van der Waals surface area contributed by atoms with E-state index in [0.717, 1.165) is 18.2 Å². The number of carbonyl (C=O) groups is 1. The molecule has 2 atom stereocenters. The maximum absolute atomic E-state index is 13.4. The third kappa shape index (κ3) is 3.48. The number of carbonyl (C=O) groups excluding carboxylic acids is 1. The lowest BCUT2D eigenvalue weighted by Gasteiger charge is -2.37. The molecule has 0 saturated carbocycles. The fourth-order valence-corrected chi connectivity index (χ4v) is 2.35. The lowest BCUT2D eigenvalue weighted by Crippen LogP contribution is -2.51. The number of hydrogen-bond donors (Lipinski definition) is 0. The average molecular weight is 317 g/mol. The molecule has 1 amide bonds. The molecule has 0 spiro atoms. The molecule has 2 unspecified atom stereocenters. The second-order valence-electron chi connectivity index (χ2n) is 4.87. The third-order valence-corrected chi connectivity index (χ3v) is 3.62. The largest absolute Gasteiger partial charge is 0.373 e. The number of hydrogen-bond acceptors (Lipinski definition) is 4. The van der Waals surface area contributed by atoms with Gasteiger partial charge in [0, 0.05) is 18.2 Å². The Balaban J connectivity index is 2.28. The highest BCUT2D eigenvalue weighted by atomic mass is 35.5. The molecule has 0 aliphatic carbocycles. The van der Waals surface area contributed by atoms with Crippen molar-refractivity contribution in [2.24, 2.45) is 0 Å². The summed E-state index contributed by atoms with van der Waals surface area (Å²) >= 11 is 5.72. The quantitative estimate of drug-likeness (QED) is 0.487. The highest BCUT2D eigenvalue weighted by Crippen LogP contribution is 2.21. The minimum atomic E-state index is -0.817. The molecule has 1 fully saturated rings. The lowest BCUT2D eigenvalue weighted by atomic mass is 10.1. The van der Waals surface area contributed by atoms with Gasteiger partial charge in [0.1, 0.15) is 5.82 Å². The minimum Gasteiger partial charge on any atom is -0.373 e. The number of non-ortho nitro benzene ring substituents is 1. The van der Waals surface area contributed by atoms with Crippen molar-refractivity contribution in [2.75, 3.05) is 19.0 Å². The Labute approximate surface area is 125 Å². The van der Waals surface area contributed by atoms with Crippen LogP contribution in [0.2, 0.25) is 0 Å². The number of ether oxygens (including phenoxy) is 1. The Morgan fingerprint density at radius 1 is 1.57 bits per heavy atom. The van der Waals surface area contributed by atoms with E-state index in [4.69, 9.17) is 16.3 Å². The summed E-state index contributed by atoms with van der Waals surface area (Å²) in [6.45, 7) is 2.38. The third-order valence-electron chi connectivity index (χ3n) is 3.28. The highest BCUT2D eigenvalue weighted by Gasteiger charge is 2.30. The van der Waals surface area contributed by atoms with Gasteiger partial charge >= 0.3 is 0 Å². The monoisotopic (exact) mass is 316 g/mol. The molecule has 1 aromatic carbocycles. The zero-order chi connectivity index (χ0) is 15.6. The lowest BCUT2D eigenvalue weighted by molar-refractivity contribution is -0.385. The van der Waals surface area contributed by atoms with Crippen molar-refractivity contribution < 1.29 is 18.8 Å². The van der Waals surface area contributed by atoms with Gasteiger partial charge in [-0.1, -0.05) is 0 Å². The fraction of sp³-hybridized carbons (Fsp3) is 0.462. The molecule has 1 aliphatic rings. The average Bonchev–Trinajstić information content (AvgIpc) is 2.46. The van der Waals surface area contributed by atoms with E-state index in [9.17, 15) is 19.3 Å². The first kappa shape index (κ1) is 15.7. The van der Waals surface area contributed by atoms with E-state index in [0.29, 0.717) is 6.61 Å². The second kappa shape index (κ2) is 6.36. The first-order valence-electron chi connectivity index (χ1n) is 6.36. The highest BCUT2D eigenvalue weighted by molar-refractivity contribution is 6.18. The molecule has 6 nitrogen and oxygen atoms in total. The first-order chi connectivity index (χ1) is 9.92. The zero-order valence-electron chi connectivity index (χ0n) is 11.3. The Morgan fingerprint density at radius 2 is 2.29 bits per heavy atom. The van der Waals surface area contributed by atoms with E-state index in [1.165, 1.54) is 4.90 Å². The van der Waals surface area contributed by atoms with E-state index in [1.54, 1.807) is 6.92 Å². The van der Waals surface area contributed by atoms with Crippen molar-refractivity contribution in [3.63, 3.8) is 0 Å². The summed E-state index contributed by atoms with van der Waals surface area (Å²) < 4.78 is 18.9. The number of amides is 1. The van der Waals surface area contributed by atoms with Crippen LogP contribution in [0.25, 0.3) is 0 Å². The molecule has 1 aromatic rings. The number of nitrogens with zero attached hydrogens (tertiary/aromatic N) is 2. The van der Waals surface area contributed by atoms with Crippen LogP contribution in [0, 0.1) is 15.9 Å². The van der Waals surface area contributed by atoms with Crippen LogP contribution in [-0.4, -0.2) is 46.9 Å². The van der Waals surface area contributed by atoms with Crippen LogP contribution in [0.3, 0.4) is 0 Å². The molecular weight excluding hydrogens is 303 g/mol. The molecule has 1 heterocycles. The molecule has 1 aliphatic heterocycles. The summed E-state index contributed by atoms with van der Waals surface area (Å²) in [4.78, 5) is 23.9. The van der Waals surface area contributed by atoms with Crippen molar-refractivity contribution in [1.29, 1.82) is 0 Å². The summed E-state index contributed by atoms with van der Waals surface area (Å²) in [6.07, 6.45) is -0.296. The first-order valence-corrected chi connectivity index (χ1v) is 6.89. The van der Waals surface area contributed by atoms with Gasteiger partial charge in [-0.25, -0.2) is 4.39 Å². The fourth-order valence-electron chi connectivity index (χ4n) is 2.16. The van der Waals surface area contributed by atoms with E-state index < -0.39 is 22.3 Å². The molecule has 0 radical (unpaired) electrons. The van der Waals surface area contributed by atoms with Gasteiger partial charge in [-0.15, -0.1) is 11.6 Å². The molecule has 1 saturated heterocycles. The maximum Gasteiger partial charge on any atom is 0.273 e. The summed E-state index contributed by atoms with van der Waals surface area (Å²) in [5, 5.41) is 10.7. The smallest absolute Gasteiger partial charge is 0.273 e. The van der Waals surface area contributed by atoms with Gasteiger partial charge in [0.05, 0.1) is 35.6 Å². The van der Waals surface area contributed by atoms with Crippen molar-refractivity contribution >= 4 is 23.2 Å². The summed E-state index contributed by atoms with van der Waals surface area (Å²) in [7, 11) is 0. The number of alkyl halides is 1. The van der Waals surface area contributed by atoms with Crippen molar-refractivity contribution in [3.05, 3.63) is 39.7 Å².